The zero-order valence-electron chi connectivity index (χ0n) is 10.9. The Hall–Kier alpha value is -1.78. The standard InChI is InChI=1S/C13H13N3O2S2/c1-16-10-12(9-15-16)19-6-7-20(17,18)13-4-2-11(8-14)3-5-13/h2-5,9-10H,6-7H2,1H3. The molecule has 0 bridgehead atoms. The molecule has 7 heteroatoms. The summed E-state index contributed by atoms with van der Waals surface area (Å²) < 4.78 is 25.9. The second-order valence-electron chi connectivity index (χ2n) is 4.15. The quantitative estimate of drug-likeness (QED) is 0.788. The van der Waals surface area contributed by atoms with E-state index in [0.717, 1.165) is 4.90 Å². The van der Waals surface area contributed by atoms with E-state index in [0.29, 0.717) is 11.3 Å². The predicted molar refractivity (Wildman–Crippen MR) is 77.1 cm³/mol. The van der Waals surface area contributed by atoms with Gasteiger partial charge in [-0.05, 0) is 24.3 Å². The Kier molecular flexibility index (Phi) is 4.47. The molecule has 1 aromatic carbocycles. The van der Waals surface area contributed by atoms with Gasteiger partial charge in [-0.1, -0.05) is 0 Å². The van der Waals surface area contributed by atoms with Crippen molar-refractivity contribution in [3.05, 3.63) is 42.2 Å². The Bertz CT molecular complexity index is 728. The van der Waals surface area contributed by atoms with E-state index < -0.39 is 9.84 Å². The van der Waals surface area contributed by atoms with E-state index in [9.17, 15) is 8.42 Å². The van der Waals surface area contributed by atoms with Crippen LogP contribution >= 0.6 is 11.8 Å². The van der Waals surface area contributed by atoms with Crippen LogP contribution in [0.1, 0.15) is 5.56 Å². The Morgan fingerprint density at radius 2 is 2.05 bits per heavy atom. The number of benzene rings is 1. The molecule has 1 aromatic heterocycles. The molecular formula is C13H13N3O2S2. The smallest absolute Gasteiger partial charge is 0.179 e. The lowest BCUT2D eigenvalue weighted by atomic mass is 10.2. The largest absolute Gasteiger partial charge is 0.275 e. The minimum atomic E-state index is -3.31. The van der Waals surface area contributed by atoms with Crippen LogP contribution in [0.4, 0.5) is 0 Å². The number of aromatic nitrogens is 2. The number of thioether (sulfide) groups is 1. The molecule has 0 radical (unpaired) electrons. The first kappa shape index (κ1) is 14.6. The highest BCUT2D eigenvalue weighted by Gasteiger charge is 2.14. The van der Waals surface area contributed by atoms with Crippen molar-refractivity contribution in [2.75, 3.05) is 11.5 Å². The molecule has 1 heterocycles. The van der Waals surface area contributed by atoms with Crippen LogP contribution in [0, 0.1) is 11.3 Å². The third-order valence-electron chi connectivity index (χ3n) is 2.64. The van der Waals surface area contributed by atoms with Gasteiger partial charge in [0.15, 0.2) is 9.84 Å². The summed E-state index contributed by atoms with van der Waals surface area (Å²) >= 11 is 1.46. The first-order valence-electron chi connectivity index (χ1n) is 5.85. The topological polar surface area (TPSA) is 75.8 Å². The van der Waals surface area contributed by atoms with Crippen LogP contribution in [0.25, 0.3) is 0 Å². The van der Waals surface area contributed by atoms with Crippen molar-refractivity contribution < 1.29 is 8.42 Å². The van der Waals surface area contributed by atoms with Crippen molar-refractivity contribution in [3.8, 4) is 6.07 Å². The van der Waals surface area contributed by atoms with Crippen LogP contribution in [0.3, 0.4) is 0 Å². The molecule has 0 saturated carbocycles. The minimum absolute atomic E-state index is 0.0540. The molecule has 0 N–H and O–H groups in total. The lowest BCUT2D eigenvalue weighted by molar-refractivity contribution is 0.597. The van der Waals surface area contributed by atoms with Gasteiger partial charge in [0.25, 0.3) is 0 Å². The summed E-state index contributed by atoms with van der Waals surface area (Å²) in [6.45, 7) is 0. The fraction of sp³-hybridized carbons (Fsp3) is 0.231. The van der Waals surface area contributed by atoms with Crippen molar-refractivity contribution in [2.24, 2.45) is 7.05 Å². The SMILES string of the molecule is Cn1cc(SCCS(=O)(=O)c2ccc(C#N)cc2)cn1. The van der Waals surface area contributed by atoms with Gasteiger partial charge in [-0.3, -0.25) is 4.68 Å². The van der Waals surface area contributed by atoms with E-state index in [2.05, 4.69) is 5.10 Å². The summed E-state index contributed by atoms with van der Waals surface area (Å²) in [7, 11) is -1.49. The van der Waals surface area contributed by atoms with Crippen molar-refractivity contribution >= 4 is 21.6 Å². The highest BCUT2D eigenvalue weighted by atomic mass is 32.2. The first-order chi connectivity index (χ1) is 9.51. The van der Waals surface area contributed by atoms with Gasteiger partial charge in [-0.2, -0.15) is 10.4 Å². The van der Waals surface area contributed by atoms with Crippen molar-refractivity contribution in [1.29, 1.82) is 5.26 Å². The van der Waals surface area contributed by atoms with Gasteiger partial charge < -0.3 is 0 Å². The third-order valence-corrected chi connectivity index (χ3v) is 5.59. The van der Waals surface area contributed by atoms with E-state index in [1.165, 1.54) is 36.0 Å². The normalized spacial score (nSPS) is 11.2. The van der Waals surface area contributed by atoms with Crippen LogP contribution in [-0.2, 0) is 16.9 Å². The molecule has 0 aliphatic carbocycles. The second-order valence-corrected chi connectivity index (χ2v) is 7.43. The lowest BCUT2D eigenvalue weighted by Gasteiger charge is -2.03. The average molecular weight is 307 g/mol. The third kappa shape index (κ3) is 3.62. The van der Waals surface area contributed by atoms with Crippen molar-refractivity contribution in [1.82, 2.24) is 9.78 Å². The summed E-state index contributed by atoms with van der Waals surface area (Å²) in [6.07, 6.45) is 3.55. The maximum absolute atomic E-state index is 12.1. The number of sulfone groups is 1. The zero-order chi connectivity index (χ0) is 14.6. The fourth-order valence-corrected chi connectivity index (χ4v) is 4.18. The van der Waals surface area contributed by atoms with Crippen LogP contribution in [0.15, 0.2) is 46.5 Å². The molecule has 104 valence electrons. The van der Waals surface area contributed by atoms with Crippen LogP contribution in [0.5, 0.6) is 0 Å². The van der Waals surface area contributed by atoms with Gasteiger partial charge in [0, 0.05) is 23.9 Å². The fourth-order valence-electron chi connectivity index (χ4n) is 1.60. The summed E-state index contributed by atoms with van der Waals surface area (Å²) in [6, 6.07) is 7.94. The zero-order valence-corrected chi connectivity index (χ0v) is 12.5. The number of nitrogens with zero attached hydrogens (tertiary/aromatic N) is 3. The molecule has 5 nitrogen and oxygen atoms in total. The highest BCUT2D eigenvalue weighted by molar-refractivity contribution is 8.00. The van der Waals surface area contributed by atoms with E-state index in [4.69, 9.17) is 5.26 Å². The molecule has 0 unspecified atom stereocenters. The molecule has 2 rings (SSSR count). The number of nitriles is 1. The molecule has 0 aliphatic rings. The summed E-state index contributed by atoms with van der Waals surface area (Å²) in [5, 5.41) is 12.7. The van der Waals surface area contributed by atoms with Crippen LogP contribution in [0.2, 0.25) is 0 Å². The van der Waals surface area contributed by atoms with E-state index >= 15 is 0 Å². The molecule has 2 aromatic rings. The number of hydrogen-bond donors (Lipinski definition) is 0. The Labute approximate surface area is 122 Å². The highest BCUT2D eigenvalue weighted by Crippen LogP contribution is 2.19. The van der Waals surface area contributed by atoms with Crippen molar-refractivity contribution in [2.45, 2.75) is 9.79 Å². The Morgan fingerprint density at radius 3 is 2.60 bits per heavy atom. The summed E-state index contributed by atoms with van der Waals surface area (Å²) in [5.41, 5.74) is 0.452. The molecule has 0 atom stereocenters. The minimum Gasteiger partial charge on any atom is -0.275 e. The van der Waals surface area contributed by atoms with Gasteiger partial charge in [0.05, 0.1) is 28.5 Å². The molecule has 0 aliphatic heterocycles. The second kappa shape index (κ2) is 6.11. The molecule has 20 heavy (non-hydrogen) atoms. The van der Waals surface area contributed by atoms with E-state index in [1.54, 1.807) is 10.9 Å². The molecule has 0 spiro atoms. The molecule has 0 fully saturated rings. The maximum atomic E-state index is 12.1. The van der Waals surface area contributed by atoms with Gasteiger partial charge in [-0.15, -0.1) is 11.8 Å². The summed E-state index contributed by atoms with van der Waals surface area (Å²) in [5.74, 6) is 0.520. The number of aryl methyl sites for hydroxylation is 1. The molecule has 0 amide bonds. The van der Waals surface area contributed by atoms with Gasteiger partial charge in [0.2, 0.25) is 0 Å². The summed E-state index contributed by atoms with van der Waals surface area (Å²) in [4.78, 5) is 1.20. The van der Waals surface area contributed by atoms with Crippen LogP contribution in [-0.4, -0.2) is 29.7 Å². The Morgan fingerprint density at radius 1 is 1.35 bits per heavy atom. The number of rotatable bonds is 5. The first-order valence-corrected chi connectivity index (χ1v) is 8.49. The van der Waals surface area contributed by atoms with E-state index in [-0.39, 0.29) is 10.6 Å². The maximum Gasteiger partial charge on any atom is 0.179 e. The van der Waals surface area contributed by atoms with Gasteiger partial charge in [-0.25, -0.2) is 8.42 Å². The van der Waals surface area contributed by atoms with Gasteiger partial charge >= 0.3 is 0 Å². The predicted octanol–water partition coefficient (Wildman–Crippen LogP) is 1.86. The average Bonchev–Trinajstić information content (AvgIpc) is 2.84. The monoisotopic (exact) mass is 307 g/mol. The Balaban J connectivity index is 1.98. The van der Waals surface area contributed by atoms with Gasteiger partial charge in [0.1, 0.15) is 0 Å². The lowest BCUT2D eigenvalue weighted by Crippen LogP contribution is -2.08. The van der Waals surface area contributed by atoms with Crippen LogP contribution < -0.4 is 0 Å². The van der Waals surface area contributed by atoms with Crippen molar-refractivity contribution in [3.63, 3.8) is 0 Å². The van der Waals surface area contributed by atoms with E-state index in [1.807, 2.05) is 19.3 Å². The molecular weight excluding hydrogens is 294 g/mol. The number of hydrogen-bond acceptors (Lipinski definition) is 5. The molecule has 0 saturated heterocycles.